The molecule has 0 aromatic carbocycles. The molecule has 5 heavy (non-hydrogen) atoms. The summed E-state index contributed by atoms with van der Waals surface area (Å²) in [6, 6.07) is 0. The Kier molecular flexibility index (Phi) is 0.468. The van der Waals surface area contributed by atoms with E-state index in [1.54, 1.807) is 12.4 Å². The van der Waals surface area contributed by atoms with Crippen LogP contribution in [0.1, 0.15) is 1.43 Å². The van der Waals surface area contributed by atoms with Gasteiger partial charge in [0.05, 0.1) is 0 Å². The van der Waals surface area contributed by atoms with Gasteiger partial charge in [-0.25, -0.2) is 0 Å². The van der Waals surface area contributed by atoms with Gasteiger partial charge < -0.3 is 0 Å². The molecule has 0 amide bonds. The standard InChI is InChI=1S/C4H4N/c1-2-4-5-3-1/h1-4H/p+1. The smallest absolute Gasteiger partial charge is 0.265 e. The van der Waals surface area contributed by atoms with E-state index in [4.69, 9.17) is 0 Å². The summed E-state index contributed by atoms with van der Waals surface area (Å²) in [7, 11) is 0. The van der Waals surface area contributed by atoms with Crippen LogP contribution < -0.4 is 5.32 Å². The Morgan fingerprint density at radius 3 is 2.00 bits per heavy atom. The van der Waals surface area contributed by atoms with Gasteiger partial charge in [0.1, 0.15) is 0 Å². The zero-order valence-electron chi connectivity index (χ0n) is 3.76. The van der Waals surface area contributed by atoms with Gasteiger partial charge in [-0.15, -0.1) is 0 Å². The predicted molar refractivity (Wildman–Crippen MR) is 21.5 cm³/mol. The van der Waals surface area contributed by atoms with E-state index < -0.39 is 0 Å². The van der Waals surface area contributed by atoms with E-state index in [-0.39, 0.29) is 1.43 Å². The highest BCUT2D eigenvalue weighted by Gasteiger charge is 1.71. The summed E-state index contributed by atoms with van der Waals surface area (Å²) in [4.78, 5) is 0. The maximum absolute atomic E-state index is 3.72. The van der Waals surface area contributed by atoms with E-state index in [9.17, 15) is 0 Å². The average molecular weight is 67.1 g/mol. The summed E-state index contributed by atoms with van der Waals surface area (Å²) in [5.41, 5.74) is 0. The van der Waals surface area contributed by atoms with Crippen LogP contribution in [-0.4, -0.2) is 0 Å². The van der Waals surface area contributed by atoms with Crippen LogP contribution in [0.4, 0.5) is 0 Å². The van der Waals surface area contributed by atoms with Gasteiger partial charge in [-0.2, -0.15) is 0 Å². The Morgan fingerprint density at radius 2 is 1.80 bits per heavy atom. The lowest BCUT2D eigenvalue weighted by Gasteiger charge is -1.63. The fraction of sp³-hybridized carbons (Fsp3) is 0. The summed E-state index contributed by atoms with van der Waals surface area (Å²) in [5.74, 6) is 0. The van der Waals surface area contributed by atoms with Gasteiger partial charge in [-0.3, -0.25) is 5.32 Å². The van der Waals surface area contributed by atoms with Crippen molar-refractivity contribution >= 4 is 0 Å². The minimum atomic E-state index is 0. The number of hydrogen-bond donors (Lipinski definition) is 0. The maximum atomic E-state index is 3.72. The zero-order chi connectivity index (χ0) is 3.54. The molecule has 0 aliphatic carbocycles. The third-order valence-electron chi connectivity index (χ3n) is 0.455. The summed E-state index contributed by atoms with van der Waals surface area (Å²) >= 11 is 0. The first-order chi connectivity index (χ1) is 2.50. The Morgan fingerprint density at radius 1 is 1.20 bits per heavy atom. The van der Waals surface area contributed by atoms with E-state index in [0.29, 0.717) is 0 Å². The van der Waals surface area contributed by atoms with Crippen molar-refractivity contribution in [2.24, 2.45) is 0 Å². The van der Waals surface area contributed by atoms with Crippen LogP contribution in [0.2, 0.25) is 0 Å². The van der Waals surface area contributed by atoms with E-state index in [0.717, 1.165) is 0 Å². The summed E-state index contributed by atoms with van der Waals surface area (Å²) in [6.07, 6.45) is 7.28. The van der Waals surface area contributed by atoms with Crippen LogP contribution >= 0.6 is 0 Å². The minimum absolute atomic E-state index is 0. The van der Waals surface area contributed by atoms with Crippen molar-refractivity contribution in [3.63, 3.8) is 0 Å². The monoisotopic (exact) mass is 67.0 g/mol. The van der Waals surface area contributed by atoms with Crippen molar-refractivity contribution in [3.05, 3.63) is 24.6 Å². The van der Waals surface area contributed by atoms with Crippen LogP contribution in [-0.2, 0) is 0 Å². The number of hydrogen-bond acceptors (Lipinski definition) is 0. The highest BCUT2D eigenvalue weighted by atomic mass is 14.8. The third kappa shape index (κ3) is 0.293. The van der Waals surface area contributed by atoms with E-state index in [2.05, 4.69) is 5.32 Å². The van der Waals surface area contributed by atoms with Crippen molar-refractivity contribution < 1.29 is 1.43 Å². The fourth-order valence-corrected chi connectivity index (χ4v) is 0.248. The normalized spacial score (nSPS) is 16.0. The second-order valence-corrected chi connectivity index (χ2v) is 0.832. The molecule has 0 bridgehead atoms. The van der Waals surface area contributed by atoms with Crippen molar-refractivity contribution in [2.45, 2.75) is 0 Å². The molecule has 0 spiro atoms. The van der Waals surface area contributed by atoms with Crippen molar-refractivity contribution in [3.8, 4) is 0 Å². The van der Waals surface area contributed by atoms with Gasteiger partial charge in [-0.1, -0.05) is 0 Å². The van der Waals surface area contributed by atoms with Gasteiger partial charge >= 0.3 is 1.43 Å². The Balaban J connectivity index is 0.000000250. The minimum Gasteiger partial charge on any atom is -0.265 e. The number of allylic oxidation sites excluding steroid dienone is 2. The lowest BCUT2D eigenvalue weighted by Crippen LogP contribution is -1.68. The lowest BCUT2D eigenvalue weighted by atomic mass is 10.6. The SMILES string of the molecule is C1=C[N]C=C1.[H+]. The first-order valence-corrected chi connectivity index (χ1v) is 1.52. The highest BCUT2D eigenvalue weighted by Crippen LogP contribution is 1.80. The first-order valence-electron chi connectivity index (χ1n) is 1.52. The lowest BCUT2D eigenvalue weighted by molar-refractivity contribution is 1.21. The van der Waals surface area contributed by atoms with Crippen LogP contribution in [0.5, 0.6) is 0 Å². The highest BCUT2D eigenvalue weighted by molar-refractivity contribution is 5.08. The Hall–Kier alpha value is -0.720. The zero-order valence-corrected chi connectivity index (χ0v) is 2.76. The molecule has 0 aromatic rings. The maximum Gasteiger partial charge on any atom is 1.00 e. The third-order valence-corrected chi connectivity index (χ3v) is 0.455. The molecular weight excluding hydrogens is 62.1 g/mol. The molecule has 0 aromatic heterocycles. The largest absolute Gasteiger partial charge is 1.00 e. The molecule has 0 fully saturated rings. The van der Waals surface area contributed by atoms with Gasteiger partial charge in [0.2, 0.25) is 0 Å². The molecule has 1 nitrogen and oxygen atoms in total. The first kappa shape index (κ1) is 2.51. The van der Waals surface area contributed by atoms with E-state index in [1.807, 2.05) is 12.2 Å². The van der Waals surface area contributed by atoms with Crippen LogP contribution in [0.25, 0.3) is 0 Å². The molecule has 1 heteroatoms. The molecule has 1 aliphatic heterocycles. The fourth-order valence-electron chi connectivity index (χ4n) is 0.248. The number of rotatable bonds is 0. The molecule has 0 saturated heterocycles. The van der Waals surface area contributed by atoms with Gasteiger partial charge in [0.25, 0.3) is 0 Å². The Bertz CT molecular complexity index is 65.6. The van der Waals surface area contributed by atoms with Crippen LogP contribution in [0.3, 0.4) is 0 Å². The molecule has 1 heterocycles. The molecule has 1 radical (unpaired) electrons. The van der Waals surface area contributed by atoms with Crippen molar-refractivity contribution in [1.82, 2.24) is 5.32 Å². The second-order valence-electron chi connectivity index (χ2n) is 0.832. The summed E-state index contributed by atoms with van der Waals surface area (Å²) < 4.78 is 0. The molecule has 0 atom stereocenters. The molecule has 1 aliphatic rings. The van der Waals surface area contributed by atoms with Crippen LogP contribution in [0, 0.1) is 0 Å². The summed E-state index contributed by atoms with van der Waals surface area (Å²) in [6.45, 7) is 0. The molecule has 0 N–H and O–H groups in total. The predicted octanol–water partition coefficient (Wildman–Crippen LogP) is 0.744. The van der Waals surface area contributed by atoms with Gasteiger partial charge in [0.15, 0.2) is 0 Å². The second kappa shape index (κ2) is 0.931. The summed E-state index contributed by atoms with van der Waals surface area (Å²) in [5, 5.41) is 3.72. The van der Waals surface area contributed by atoms with E-state index in [1.165, 1.54) is 0 Å². The van der Waals surface area contributed by atoms with Gasteiger partial charge in [-0.05, 0) is 12.2 Å². The average Bonchev–Trinajstić information content (AvgIpc) is 1.76. The molecule has 1 rings (SSSR count). The molecule has 25 valence electrons. The van der Waals surface area contributed by atoms with Crippen LogP contribution in [0.15, 0.2) is 24.6 Å². The topological polar surface area (TPSA) is 14.1 Å². The molecular formula is C4H5N+. The number of nitrogens with zero attached hydrogens (tertiary/aromatic N) is 1. The Labute approximate surface area is 32.5 Å². The quantitative estimate of drug-likeness (QED) is 0.397. The molecule has 0 saturated carbocycles. The molecule has 0 unspecified atom stereocenters. The van der Waals surface area contributed by atoms with E-state index >= 15 is 0 Å². The van der Waals surface area contributed by atoms with Crippen molar-refractivity contribution in [1.29, 1.82) is 0 Å². The van der Waals surface area contributed by atoms with Crippen molar-refractivity contribution in [2.75, 3.05) is 0 Å². The van der Waals surface area contributed by atoms with Gasteiger partial charge in [0, 0.05) is 12.4 Å².